The monoisotopic (exact) mass is 446 g/mol. The first-order chi connectivity index (χ1) is 11.3. The fourth-order valence-corrected chi connectivity index (χ4v) is 2.86. The zero-order valence-electron chi connectivity index (χ0n) is 14.7. The molecular formula is C18H31IN4O. The number of likely N-dealkylation sites (tertiary alicyclic amines) is 1. The molecule has 0 atom stereocenters. The van der Waals surface area contributed by atoms with E-state index < -0.39 is 0 Å². The van der Waals surface area contributed by atoms with Crippen molar-refractivity contribution in [1.82, 2.24) is 15.5 Å². The molecule has 1 aromatic rings. The number of guanidine groups is 1. The van der Waals surface area contributed by atoms with Gasteiger partial charge in [0.05, 0.1) is 6.26 Å². The van der Waals surface area contributed by atoms with E-state index in [-0.39, 0.29) is 24.0 Å². The van der Waals surface area contributed by atoms with E-state index in [1.807, 2.05) is 18.2 Å². The molecule has 0 aliphatic carbocycles. The molecule has 0 unspecified atom stereocenters. The third-order valence-corrected chi connectivity index (χ3v) is 4.09. The number of furan rings is 1. The summed E-state index contributed by atoms with van der Waals surface area (Å²) in [7, 11) is 0. The van der Waals surface area contributed by atoms with Crippen LogP contribution in [0.4, 0.5) is 0 Å². The van der Waals surface area contributed by atoms with Crippen molar-refractivity contribution in [2.75, 3.05) is 32.7 Å². The first-order valence-electron chi connectivity index (χ1n) is 8.72. The van der Waals surface area contributed by atoms with E-state index in [2.05, 4.69) is 34.0 Å². The highest BCUT2D eigenvalue weighted by Gasteiger charge is 2.19. The van der Waals surface area contributed by atoms with Gasteiger partial charge >= 0.3 is 0 Å². The van der Waals surface area contributed by atoms with Crippen molar-refractivity contribution in [1.29, 1.82) is 0 Å². The van der Waals surface area contributed by atoms with Gasteiger partial charge in [-0.15, -0.1) is 30.6 Å². The summed E-state index contributed by atoms with van der Waals surface area (Å²) in [5.74, 6) is 1.86. The van der Waals surface area contributed by atoms with Gasteiger partial charge in [0.2, 0.25) is 0 Å². The molecule has 0 amide bonds. The van der Waals surface area contributed by atoms with Crippen LogP contribution in [0.5, 0.6) is 0 Å². The van der Waals surface area contributed by atoms with Crippen LogP contribution in [0.25, 0.3) is 0 Å². The summed E-state index contributed by atoms with van der Waals surface area (Å²) in [4.78, 5) is 7.20. The normalized spacial score (nSPS) is 16.5. The van der Waals surface area contributed by atoms with Crippen molar-refractivity contribution in [2.24, 2.45) is 4.99 Å². The minimum atomic E-state index is 0. The minimum Gasteiger partial charge on any atom is -0.469 e. The second-order valence-electron chi connectivity index (χ2n) is 5.99. The highest BCUT2D eigenvalue weighted by atomic mass is 127. The van der Waals surface area contributed by atoms with Crippen LogP contribution in [0.15, 0.2) is 40.5 Å². The predicted molar refractivity (Wildman–Crippen MR) is 111 cm³/mol. The molecule has 2 N–H and O–H groups in total. The van der Waals surface area contributed by atoms with Gasteiger partial charge in [0, 0.05) is 38.6 Å². The molecule has 1 aliphatic rings. The molecule has 136 valence electrons. The standard InChI is InChI=1S/C18H30N4O.HI/c1-3-10-19-18(20-11-7-17-6-5-15-23-17)21-16-8-13-22(12-4-2)14-9-16;/h3,5-6,15-16H,1,4,7-14H2,2H3,(H2,19,20,21);1H. The summed E-state index contributed by atoms with van der Waals surface area (Å²) >= 11 is 0. The molecule has 1 aliphatic heterocycles. The summed E-state index contributed by atoms with van der Waals surface area (Å²) in [6.07, 6.45) is 7.97. The summed E-state index contributed by atoms with van der Waals surface area (Å²) in [6.45, 7) is 11.0. The molecule has 6 heteroatoms. The van der Waals surface area contributed by atoms with Crippen LogP contribution in [0.2, 0.25) is 0 Å². The average molecular weight is 446 g/mol. The first kappa shape index (κ1) is 21.0. The number of aliphatic imine (C=N–C) groups is 1. The van der Waals surface area contributed by atoms with E-state index in [0.29, 0.717) is 12.6 Å². The van der Waals surface area contributed by atoms with E-state index >= 15 is 0 Å². The average Bonchev–Trinajstić information content (AvgIpc) is 3.08. The molecular weight excluding hydrogens is 415 g/mol. The summed E-state index contributed by atoms with van der Waals surface area (Å²) in [5.41, 5.74) is 0. The van der Waals surface area contributed by atoms with Crippen molar-refractivity contribution in [2.45, 2.75) is 38.6 Å². The molecule has 24 heavy (non-hydrogen) atoms. The molecule has 5 nitrogen and oxygen atoms in total. The number of hydrogen-bond donors (Lipinski definition) is 2. The largest absolute Gasteiger partial charge is 0.469 e. The second kappa shape index (κ2) is 12.4. The fourth-order valence-electron chi connectivity index (χ4n) is 2.86. The van der Waals surface area contributed by atoms with Gasteiger partial charge in [-0.3, -0.25) is 4.99 Å². The topological polar surface area (TPSA) is 52.8 Å². The van der Waals surface area contributed by atoms with E-state index in [4.69, 9.17) is 4.42 Å². The van der Waals surface area contributed by atoms with Crippen LogP contribution in [0, 0.1) is 0 Å². The third-order valence-electron chi connectivity index (χ3n) is 4.09. The van der Waals surface area contributed by atoms with Crippen LogP contribution < -0.4 is 10.6 Å². The Hall–Kier alpha value is -1.02. The number of rotatable bonds is 8. The first-order valence-corrected chi connectivity index (χ1v) is 8.72. The van der Waals surface area contributed by atoms with Crippen LogP contribution in [-0.2, 0) is 6.42 Å². The lowest BCUT2D eigenvalue weighted by molar-refractivity contribution is 0.206. The van der Waals surface area contributed by atoms with Crippen LogP contribution in [0.3, 0.4) is 0 Å². The Morgan fingerprint density at radius 1 is 1.46 bits per heavy atom. The SMILES string of the molecule is C=CCNC(=NCCc1ccco1)NC1CCN(CCC)CC1.I. The summed E-state index contributed by atoms with van der Waals surface area (Å²) in [5, 5.41) is 6.88. The number of nitrogens with one attached hydrogen (secondary N) is 2. The maximum absolute atomic E-state index is 5.35. The van der Waals surface area contributed by atoms with Gasteiger partial charge in [-0.2, -0.15) is 0 Å². The van der Waals surface area contributed by atoms with E-state index in [1.165, 1.54) is 38.9 Å². The number of piperidine rings is 1. The van der Waals surface area contributed by atoms with Gasteiger partial charge in [-0.1, -0.05) is 13.0 Å². The molecule has 2 heterocycles. The number of nitrogens with zero attached hydrogens (tertiary/aromatic N) is 2. The molecule has 0 saturated carbocycles. The molecule has 0 spiro atoms. The van der Waals surface area contributed by atoms with Crippen molar-refractivity contribution in [3.8, 4) is 0 Å². The third kappa shape index (κ3) is 7.70. The Bertz CT molecular complexity index is 467. The Kier molecular flexibility index (Phi) is 10.8. The van der Waals surface area contributed by atoms with Crippen molar-refractivity contribution >= 4 is 29.9 Å². The maximum Gasteiger partial charge on any atom is 0.191 e. The van der Waals surface area contributed by atoms with Crippen molar-refractivity contribution < 1.29 is 4.42 Å². The van der Waals surface area contributed by atoms with Gasteiger partial charge in [0.1, 0.15) is 5.76 Å². The van der Waals surface area contributed by atoms with E-state index in [1.54, 1.807) is 6.26 Å². The highest BCUT2D eigenvalue weighted by Crippen LogP contribution is 2.10. The van der Waals surface area contributed by atoms with Crippen LogP contribution in [0.1, 0.15) is 31.9 Å². The molecule has 0 bridgehead atoms. The highest BCUT2D eigenvalue weighted by molar-refractivity contribution is 14.0. The number of halogens is 1. The lowest BCUT2D eigenvalue weighted by Gasteiger charge is -2.32. The van der Waals surface area contributed by atoms with Gasteiger partial charge < -0.3 is 20.0 Å². The molecule has 1 aromatic heterocycles. The smallest absolute Gasteiger partial charge is 0.191 e. The zero-order chi connectivity index (χ0) is 16.3. The molecule has 2 rings (SSSR count). The van der Waals surface area contributed by atoms with Gasteiger partial charge in [-0.25, -0.2) is 0 Å². The predicted octanol–water partition coefficient (Wildman–Crippen LogP) is 3.04. The van der Waals surface area contributed by atoms with Crippen LogP contribution >= 0.6 is 24.0 Å². The van der Waals surface area contributed by atoms with E-state index in [9.17, 15) is 0 Å². The lowest BCUT2D eigenvalue weighted by Crippen LogP contribution is -2.48. The van der Waals surface area contributed by atoms with Crippen molar-refractivity contribution in [3.05, 3.63) is 36.8 Å². The Labute approximate surface area is 163 Å². The quantitative estimate of drug-likeness (QED) is 0.279. The number of hydrogen-bond acceptors (Lipinski definition) is 3. The summed E-state index contributed by atoms with van der Waals surface area (Å²) in [6, 6.07) is 4.41. The zero-order valence-corrected chi connectivity index (χ0v) is 17.0. The second-order valence-corrected chi connectivity index (χ2v) is 5.99. The Morgan fingerprint density at radius 2 is 2.25 bits per heavy atom. The van der Waals surface area contributed by atoms with E-state index in [0.717, 1.165) is 24.7 Å². The maximum atomic E-state index is 5.35. The molecule has 0 radical (unpaired) electrons. The molecule has 1 saturated heterocycles. The van der Waals surface area contributed by atoms with Gasteiger partial charge in [0.15, 0.2) is 5.96 Å². The fraction of sp³-hybridized carbons (Fsp3) is 0.611. The van der Waals surface area contributed by atoms with Crippen LogP contribution in [-0.4, -0.2) is 49.6 Å². The molecule has 1 fully saturated rings. The lowest BCUT2D eigenvalue weighted by atomic mass is 10.1. The Morgan fingerprint density at radius 3 is 2.88 bits per heavy atom. The Balaban J connectivity index is 0.00000288. The van der Waals surface area contributed by atoms with Crippen molar-refractivity contribution in [3.63, 3.8) is 0 Å². The summed E-state index contributed by atoms with van der Waals surface area (Å²) < 4.78 is 5.35. The van der Waals surface area contributed by atoms with Gasteiger partial charge in [0.25, 0.3) is 0 Å². The van der Waals surface area contributed by atoms with Gasteiger partial charge in [-0.05, 0) is 37.9 Å². The molecule has 0 aromatic carbocycles. The minimum absolute atomic E-state index is 0.